The van der Waals surface area contributed by atoms with Gasteiger partial charge in [-0.1, -0.05) is 23.7 Å². The molecule has 0 aliphatic carbocycles. The zero-order valence-electron chi connectivity index (χ0n) is 7.28. The first-order chi connectivity index (χ1) is 7.06. The summed E-state index contributed by atoms with van der Waals surface area (Å²) in [4.78, 5) is 21.0. The molecule has 1 rings (SSSR count). The van der Waals surface area contributed by atoms with Gasteiger partial charge >= 0.3 is 5.97 Å². The summed E-state index contributed by atoms with van der Waals surface area (Å²) in [5.41, 5.74) is -0.00451. The first-order valence-electron chi connectivity index (χ1n) is 3.79. The van der Waals surface area contributed by atoms with Gasteiger partial charge in [-0.15, -0.1) is 0 Å². The maximum absolute atomic E-state index is 11.0. The number of nitro benzene ring substituents is 1. The Bertz CT molecular complexity index is 410. The molecule has 0 amide bonds. The third-order valence-electron chi connectivity index (χ3n) is 1.67. The predicted molar refractivity (Wildman–Crippen MR) is 61.9 cm³/mol. The second-order valence-electron chi connectivity index (χ2n) is 2.63. The second-order valence-corrected chi connectivity index (χ2v) is 3.48. The molecule has 0 saturated heterocycles. The maximum atomic E-state index is 11.0. The van der Waals surface area contributed by atoms with Gasteiger partial charge in [-0.05, 0) is 6.07 Å². The van der Waals surface area contributed by atoms with Crippen molar-refractivity contribution in [3.63, 3.8) is 0 Å². The molecule has 5 nitrogen and oxygen atoms in total. The largest absolute Gasteiger partial charge is 0.394 e. The molecule has 0 radical (unpaired) electrons. The number of nitrogens with zero attached hydrogens (tertiary/aromatic N) is 1. The highest BCUT2D eigenvalue weighted by Gasteiger charge is 2.20. The molecule has 0 aliphatic rings. The molecule has 0 aliphatic heterocycles. The zero-order chi connectivity index (χ0) is 11.4. The zero-order valence-corrected chi connectivity index (χ0v) is 10.2. The summed E-state index contributed by atoms with van der Waals surface area (Å²) in [5.74, 6) is -0.555. The number of benzene rings is 1. The monoisotopic (exact) mass is 341 g/mol. The molecule has 1 aromatic carbocycles. The lowest BCUT2D eigenvalue weighted by Crippen LogP contribution is -2.04. The second kappa shape index (κ2) is 5.26. The van der Waals surface area contributed by atoms with Crippen LogP contribution in [0.5, 0.6) is 0 Å². The molecule has 1 aromatic rings. The topological polar surface area (TPSA) is 69.4 Å². The molecule has 0 heterocycles. The van der Waals surface area contributed by atoms with E-state index < -0.39 is 10.9 Å². The van der Waals surface area contributed by atoms with Crippen molar-refractivity contribution in [1.82, 2.24) is 0 Å². The summed E-state index contributed by atoms with van der Waals surface area (Å²) >= 11 is 7.08. The van der Waals surface area contributed by atoms with E-state index in [4.69, 9.17) is 11.6 Å². The summed E-state index contributed by atoms with van der Waals surface area (Å²) in [6.45, 7) is 0. The quantitative estimate of drug-likeness (QED) is 0.481. The van der Waals surface area contributed by atoms with Crippen molar-refractivity contribution in [2.75, 3.05) is 0 Å². The van der Waals surface area contributed by atoms with E-state index in [0.29, 0.717) is 0 Å². The number of carbonyl (C=O) groups is 1. The number of hydrogen-bond acceptors (Lipinski definition) is 4. The minimum Gasteiger partial charge on any atom is -0.394 e. The average molecular weight is 341 g/mol. The fourth-order valence-corrected chi connectivity index (χ4v) is 1.51. The van der Waals surface area contributed by atoms with E-state index in [2.05, 4.69) is 3.07 Å². The van der Waals surface area contributed by atoms with E-state index in [1.807, 2.05) is 0 Å². The molecular formula is C8H5ClINO4. The van der Waals surface area contributed by atoms with Crippen LogP contribution in [0, 0.1) is 10.1 Å². The van der Waals surface area contributed by atoms with Crippen LogP contribution >= 0.6 is 34.6 Å². The van der Waals surface area contributed by atoms with Crippen molar-refractivity contribution < 1.29 is 12.8 Å². The van der Waals surface area contributed by atoms with Gasteiger partial charge in [0, 0.05) is 5.56 Å². The molecule has 0 saturated carbocycles. The number of halogens is 2. The van der Waals surface area contributed by atoms with Crippen molar-refractivity contribution in [2.45, 2.75) is 6.42 Å². The number of carbonyl (C=O) groups excluding carboxylic acids is 1. The summed E-state index contributed by atoms with van der Waals surface area (Å²) in [6.07, 6.45) is -0.167. The molecule has 0 fully saturated rings. The summed E-state index contributed by atoms with van der Waals surface area (Å²) in [5, 5.41) is 10.7. The van der Waals surface area contributed by atoms with E-state index in [-0.39, 0.29) is 22.7 Å². The van der Waals surface area contributed by atoms with Crippen LogP contribution in [0.15, 0.2) is 18.2 Å². The van der Waals surface area contributed by atoms with Crippen LogP contribution in [0.2, 0.25) is 5.02 Å². The summed E-state index contributed by atoms with van der Waals surface area (Å²) in [7, 11) is 0. The maximum Gasteiger partial charge on any atom is 0.319 e. The van der Waals surface area contributed by atoms with Gasteiger partial charge in [-0.3, -0.25) is 14.9 Å². The third kappa shape index (κ3) is 3.03. The smallest absolute Gasteiger partial charge is 0.319 e. The van der Waals surface area contributed by atoms with E-state index in [9.17, 15) is 14.9 Å². The third-order valence-corrected chi connectivity index (χ3v) is 2.47. The van der Waals surface area contributed by atoms with Crippen molar-refractivity contribution in [3.8, 4) is 0 Å². The van der Waals surface area contributed by atoms with Crippen molar-refractivity contribution in [2.24, 2.45) is 0 Å². The fourth-order valence-electron chi connectivity index (χ4n) is 1.09. The van der Waals surface area contributed by atoms with E-state index in [1.54, 1.807) is 6.07 Å². The Labute approximate surface area is 104 Å². The molecular weight excluding hydrogens is 336 g/mol. The Kier molecular flexibility index (Phi) is 4.28. The van der Waals surface area contributed by atoms with Gasteiger partial charge in [-0.25, -0.2) is 0 Å². The Hall–Kier alpha value is -0.890. The van der Waals surface area contributed by atoms with Gasteiger partial charge in [0.25, 0.3) is 5.69 Å². The molecule has 0 aromatic heterocycles. The summed E-state index contributed by atoms with van der Waals surface area (Å²) < 4.78 is 4.39. The van der Waals surface area contributed by atoms with Crippen molar-refractivity contribution >= 4 is 46.3 Å². The van der Waals surface area contributed by atoms with Crippen LogP contribution in [0.3, 0.4) is 0 Å². The lowest BCUT2D eigenvalue weighted by atomic mass is 10.1. The fraction of sp³-hybridized carbons (Fsp3) is 0.125. The highest BCUT2D eigenvalue weighted by Crippen LogP contribution is 2.28. The van der Waals surface area contributed by atoms with Crippen molar-refractivity contribution in [3.05, 3.63) is 38.9 Å². The first kappa shape index (κ1) is 12.2. The van der Waals surface area contributed by atoms with Crippen molar-refractivity contribution in [1.29, 1.82) is 0 Å². The molecule has 80 valence electrons. The molecule has 0 atom stereocenters. The Morgan fingerprint density at radius 3 is 2.80 bits per heavy atom. The minimum absolute atomic E-state index is 0.0127. The standard InChI is InChI=1S/C8H5ClINO4/c9-6-3-1-2-5(4-7(12)15-10)8(6)11(13)14/h1-3H,4H2. The molecule has 7 heteroatoms. The first-order valence-corrected chi connectivity index (χ1v) is 5.05. The van der Waals surface area contributed by atoms with Gasteiger partial charge in [0.15, 0.2) is 23.0 Å². The molecule has 0 bridgehead atoms. The average Bonchev–Trinajstić information content (AvgIpc) is 2.17. The van der Waals surface area contributed by atoms with E-state index >= 15 is 0 Å². The van der Waals surface area contributed by atoms with Gasteiger partial charge in [0.1, 0.15) is 5.02 Å². The highest BCUT2D eigenvalue weighted by atomic mass is 127. The number of nitro groups is 1. The van der Waals surface area contributed by atoms with Gasteiger partial charge in [0.2, 0.25) is 0 Å². The lowest BCUT2D eigenvalue weighted by Gasteiger charge is -2.01. The van der Waals surface area contributed by atoms with Crippen LogP contribution in [0.4, 0.5) is 5.69 Å². The summed E-state index contributed by atoms with van der Waals surface area (Å²) in [6, 6.07) is 4.42. The number of para-hydroxylation sites is 1. The van der Waals surface area contributed by atoms with Crippen LogP contribution in [-0.4, -0.2) is 10.9 Å². The predicted octanol–water partition coefficient (Wildman–Crippen LogP) is 2.68. The van der Waals surface area contributed by atoms with E-state index in [1.165, 1.54) is 35.1 Å². The molecule has 0 N–H and O–H groups in total. The van der Waals surface area contributed by atoms with Crippen LogP contribution in [-0.2, 0) is 14.3 Å². The van der Waals surface area contributed by atoms with Crippen LogP contribution in [0.1, 0.15) is 5.56 Å². The SMILES string of the molecule is O=C(Cc1cccc(Cl)c1[N+](=O)[O-])OI. The van der Waals surface area contributed by atoms with Gasteiger partial charge < -0.3 is 3.07 Å². The lowest BCUT2D eigenvalue weighted by molar-refractivity contribution is -0.385. The Morgan fingerprint density at radius 2 is 2.27 bits per heavy atom. The minimum atomic E-state index is -0.613. The van der Waals surface area contributed by atoms with Gasteiger partial charge in [-0.2, -0.15) is 0 Å². The normalized spacial score (nSPS) is 9.73. The Balaban J connectivity index is 3.11. The molecule has 0 spiro atoms. The molecule has 0 unspecified atom stereocenters. The highest BCUT2D eigenvalue weighted by molar-refractivity contribution is 14.1. The van der Waals surface area contributed by atoms with Gasteiger partial charge in [0.05, 0.1) is 11.3 Å². The number of hydrogen-bond donors (Lipinski definition) is 0. The number of rotatable bonds is 3. The van der Waals surface area contributed by atoms with Crippen LogP contribution in [0.25, 0.3) is 0 Å². The Morgan fingerprint density at radius 1 is 1.60 bits per heavy atom. The van der Waals surface area contributed by atoms with E-state index in [0.717, 1.165) is 0 Å². The molecule has 15 heavy (non-hydrogen) atoms. The van der Waals surface area contributed by atoms with Crippen LogP contribution < -0.4 is 0 Å².